The summed E-state index contributed by atoms with van der Waals surface area (Å²) < 4.78 is 24.8. The highest BCUT2D eigenvalue weighted by atomic mass is 16.5. The zero-order valence-electron chi connectivity index (χ0n) is 26.6. The molecule has 0 aliphatic carbocycles. The third-order valence-electron chi connectivity index (χ3n) is 7.46. The largest absolute Gasteiger partial charge is 0.493 e. The van der Waals surface area contributed by atoms with E-state index in [0.717, 1.165) is 24.3 Å². The first kappa shape index (κ1) is 33.1. The topological polar surface area (TPSA) is 78.2 Å². The van der Waals surface area contributed by atoms with E-state index in [4.69, 9.17) is 18.9 Å². The van der Waals surface area contributed by atoms with Crippen molar-refractivity contribution in [2.24, 2.45) is 5.92 Å². The normalized spacial score (nSPS) is 11.4. The van der Waals surface area contributed by atoms with E-state index in [1.807, 2.05) is 38.6 Å². The summed E-state index contributed by atoms with van der Waals surface area (Å²) in [7, 11) is 4.01. The highest BCUT2D eigenvalue weighted by molar-refractivity contribution is 5.92. The molecule has 3 aromatic carbocycles. The molecule has 0 radical (unpaired) electrons. The summed E-state index contributed by atoms with van der Waals surface area (Å²) in [6, 6.07) is 24.2. The fourth-order valence-corrected chi connectivity index (χ4v) is 4.56. The molecule has 0 aliphatic rings. The maximum absolute atomic E-state index is 12.7. The quantitative estimate of drug-likeness (QED) is 0.0756. The second-order valence-corrected chi connectivity index (χ2v) is 11.1. The first-order valence-electron chi connectivity index (χ1n) is 15.5. The van der Waals surface area contributed by atoms with E-state index >= 15 is 0 Å². The summed E-state index contributed by atoms with van der Waals surface area (Å²) >= 11 is 0. The second kappa shape index (κ2) is 16.9. The van der Waals surface area contributed by atoms with Gasteiger partial charge in [0.15, 0.2) is 18.9 Å². The molecule has 8 nitrogen and oxygen atoms in total. The van der Waals surface area contributed by atoms with Gasteiger partial charge in [-0.25, -0.2) is 14.2 Å². The smallest absolute Gasteiger partial charge is 0.343 e. The lowest BCUT2D eigenvalue weighted by atomic mass is 10.0. The molecule has 0 saturated heterocycles. The molecular weight excluding hydrogens is 568 g/mol. The number of anilines is 1. The Morgan fingerprint density at radius 3 is 1.64 bits per heavy atom. The molecule has 1 unspecified atom stereocenters. The van der Waals surface area contributed by atoms with Crippen LogP contribution in [-0.2, 0) is 6.54 Å². The number of aromatic nitrogens is 1. The van der Waals surface area contributed by atoms with E-state index in [0.29, 0.717) is 54.1 Å². The molecule has 8 heteroatoms. The highest BCUT2D eigenvalue weighted by Gasteiger charge is 2.13. The molecule has 0 saturated carbocycles. The maximum atomic E-state index is 12.7. The van der Waals surface area contributed by atoms with E-state index in [2.05, 4.69) is 23.3 Å². The lowest BCUT2D eigenvalue weighted by molar-refractivity contribution is -0.697. The van der Waals surface area contributed by atoms with Gasteiger partial charge in [-0.2, -0.15) is 0 Å². The number of benzene rings is 3. The molecule has 0 bridgehead atoms. The summed E-state index contributed by atoms with van der Waals surface area (Å²) in [6.45, 7) is 6.24. The third kappa shape index (κ3) is 10.4. The van der Waals surface area contributed by atoms with Crippen LogP contribution in [-0.4, -0.2) is 39.2 Å². The summed E-state index contributed by atoms with van der Waals surface area (Å²) in [4.78, 5) is 27.3. The van der Waals surface area contributed by atoms with Crippen molar-refractivity contribution in [3.05, 3.63) is 108 Å². The monoisotopic (exact) mass is 611 g/mol. The standard InChI is InChI=1S/C37H43N2O6/c1-5-7-8-28(6-2)27-43-33-15-11-30(12-16-33)37(41)45-35-19-17-34(18-20-35)44-36(40)29-9-13-32(14-10-29)42-26-25-39-23-21-31(22-24-39)38(3)4/h9-24,28H,5-8,25-27H2,1-4H3/q+1. The van der Waals surface area contributed by atoms with Crippen molar-refractivity contribution in [1.29, 1.82) is 0 Å². The SMILES string of the molecule is CCCCC(CC)COc1ccc(C(=O)Oc2ccc(OC(=O)c3ccc(OCC[n+]4ccc(N(C)C)cc4)cc3)cc2)cc1. The number of carbonyl (C=O) groups excluding carboxylic acids is 2. The zero-order chi connectivity index (χ0) is 32.0. The van der Waals surface area contributed by atoms with Crippen molar-refractivity contribution in [1.82, 2.24) is 0 Å². The van der Waals surface area contributed by atoms with Crippen LogP contribution in [0.2, 0.25) is 0 Å². The summed E-state index contributed by atoms with van der Waals surface area (Å²) in [6.07, 6.45) is 8.65. The predicted molar refractivity (Wildman–Crippen MR) is 175 cm³/mol. The van der Waals surface area contributed by atoms with Crippen molar-refractivity contribution in [3.63, 3.8) is 0 Å². The Labute approximate surface area is 266 Å². The van der Waals surface area contributed by atoms with Gasteiger partial charge in [0.2, 0.25) is 0 Å². The van der Waals surface area contributed by atoms with Crippen molar-refractivity contribution >= 4 is 17.6 Å². The Bertz CT molecular complexity index is 1480. The van der Waals surface area contributed by atoms with Crippen LogP contribution in [0.15, 0.2) is 97.3 Å². The lowest BCUT2D eigenvalue weighted by Gasteiger charge is -2.15. The minimum Gasteiger partial charge on any atom is -0.493 e. The number of carbonyl (C=O) groups is 2. The summed E-state index contributed by atoms with van der Waals surface area (Å²) in [5.74, 6) is 1.63. The van der Waals surface area contributed by atoms with Crippen LogP contribution < -0.4 is 28.4 Å². The van der Waals surface area contributed by atoms with E-state index in [1.54, 1.807) is 72.8 Å². The van der Waals surface area contributed by atoms with Crippen LogP contribution in [0.4, 0.5) is 5.69 Å². The molecular formula is C37H43N2O6+. The minimum atomic E-state index is -0.499. The van der Waals surface area contributed by atoms with Crippen LogP contribution in [0.5, 0.6) is 23.0 Å². The van der Waals surface area contributed by atoms with E-state index in [1.165, 1.54) is 12.8 Å². The molecule has 4 aromatic rings. The molecule has 0 N–H and O–H groups in total. The van der Waals surface area contributed by atoms with Crippen LogP contribution >= 0.6 is 0 Å². The van der Waals surface area contributed by atoms with Crippen molar-refractivity contribution < 1.29 is 33.1 Å². The molecule has 0 spiro atoms. The molecule has 1 heterocycles. The number of ether oxygens (including phenoxy) is 4. The molecule has 0 amide bonds. The molecule has 4 rings (SSSR count). The van der Waals surface area contributed by atoms with Crippen molar-refractivity contribution in [2.45, 2.75) is 46.1 Å². The lowest BCUT2D eigenvalue weighted by Crippen LogP contribution is -2.35. The number of unbranched alkanes of at least 4 members (excludes halogenated alkanes) is 1. The first-order valence-corrected chi connectivity index (χ1v) is 15.5. The molecule has 45 heavy (non-hydrogen) atoms. The summed E-state index contributed by atoms with van der Waals surface area (Å²) in [5, 5.41) is 0. The van der Waals surface area contributed by atoms with Crippen molar-refractivity contribution in [3.8, 4) is 23.0 Å². The van der Waals surface area contributed by atoms with Gasteiger partial charge in [0.05, 0.1) is 17.7 Å². The number of nitrogens with zero attached hydrogens (tertiary/aromatic N) is 2. The van der Waals surface area contributed by atoms with Gasteiger partial charge in [0, 0.05) is 31.9 Å². The number of rotatable bonds is 16. The van der Waals surface area contributed by atoms with Gasteiger partial charge in [0.1, 0.15) is 29.6 Å². The fraction of sp³-hybridized carbons (Fsp3) is 0.324. The highest BCUT2D eigenvalue weighted by Crippen LogP contribution is 2.22. The van der Waals surface area contributed by atoms with Gasteiger partial charge >= 0.3 is 11.9 Å². The number of esters is 2. The number of pyridine rings is 1. The summed E-state index contributed by atoms with van der Waals surface area (Å²) in [5.41, 5.74) is 1.95. The average molecular weight is 612 g/mol. The third-order valence-corrected chi connectivity index (χ3v) is 7.46. The van der Waals surface area contributed by atoms with Crippen LogP contribution in [0.25, 0.3) is 0 Å². The van der Waals surface area contributed by atoms with Crippen LogP contribution in [0.3, 0.4) is 0 Å². The number of hydrogen-bond acceptors (Lipinski definition) is 7. The molecule has 1 atom stereocenters. The number of hydrogen-bond donors (Lipinski definition) is 0. The Morgan fingerprint density at radius 1 is 0.689 bits per heavy atom. The van der Waals surface area contributed by atoms with E-state index in [9.17, 15) is 9.59 Å². The van der Waals surface area contributed by atoms with Gasteiger partial charge in [-0.1, -0.05) is 33.1 Å². The van der Waals surface area contributed by atoms with Crippen LogP contribution in [0.1, 0.15) is 60.2 Å². The Kier molecular flexibility index (Phi) is 12.4. The Hall–Kier alpha value is -4.85. The van der Waals surface area contributed by atoms with Crippen LogP contribution in [0, 0.1) is 5.92 Å². The van der Waals surface area contributed by atoms with E-state index in [-0.39, 0.29) is 0 Å². The minimum absolute atomic E-state index is 0.336. The molecule has 0 fully saturated rings. The zero-order valence-corrected chi connectivity index (χ0v) is 26.6. The van der Waals surface area contributed by atoms with Gasteiger partial charge < -0.3 is 23.8 Å². The molecule has 236 valence electrons. The fourth-order valence-electron chi connectivity index (χ4n) is 4.56. The van der Waals surface area contributed by atoms with E-state index < -0.39 is 11.9 Å². The predicted octanol–water partition coefficient (Wildman–Crippen LogP) is 7.15. The van der Waals surface area contributed by atoms with Gasteiger partial charge in [-0.3, -0.25) is 0 Å². The van der Waals surface area contributed by atoms with Gasteiger partial charge in [0.25, 0.3) is 0 Å². The Morgan fingerprint density at radius 2 is 1.18 bits per heavy atom. The van der Waals surface area contributed by atoms with Gasteiger partial charge in [-0.05, 0) is 85.1 Å². The second-order valence-electron chi connectivity index (χ2n) is 11.1. The average Bonchev–Trinajstić information content (AvgIpc) is 3.06. The first-order chi connectivity index (χ1) is 21.8. The Balaban J connectivity index is 1.21. The molecule has 1 aromatic heterocycles. The molecule has 0 aliphatic heterocycles. The van der Waals surface area contributed by atoms with Crippen molar-refractivity contribution in [2.75, 3.05) is 32.2 Å². The van der Waals surface area contributed by atoms with Gasteiger partial charge in [-0.15, -0.1) is 0 Å². The maximum Gasteiger partial charge on any atom is 0.343 e.